The summed E-state index contributed by atoms with van der Waals surface area (Å²) < 4.78 is 6.42. The SMILES string of the molecule is Cc1nc(NCCN2CCOCC2)nc(N[C@@H]2C[C@H](C(C)(C)O)[C@@H](O)[C@H]2O)c1-c1nc2cnccc2s1. The van der Waals surface area contributed by atoms with E-state index in [9.17, 15) is 15.3 Å². The predicted octanol–water partition coefficient (Wildman–Crippen LogP) is 1.49. The molecule has 1 aliphatic carbocycles. The van der Waals surface area contributed by atoms with Crippen LogP contribution in [0.2, 0.25) is 0 Å². The summed E-state index contributed by atoms with van der Waals surface area (Å²) in [6.07, 6.45) is 1.74. The number of aliphatic hydroxyl groups excluding tert-OH is 2. The molecule has 1 saturated carbocycles. The molecule has 5 N–H and O–H groups in total. The van der Waals surface area contributed by atoms with E-state index in [1.807, 2.05) is 13.0 Å². The fourth-order valence-electron chi connectivity index (χ4n) is 5.10. The first-order valence-electron chi connectivity index (χ1n) is 12.7. The molecule has 0 bridgehead atoms. The highest BCUT2D eigenvalue weighted by atomic mass is 32.1. The number of aromatic nitrogens is 4. The average Bonchev–Trinajstić information content (AvgIpc) is 3.41. The van der Waals surface area contributed by atoms with Crippen molar-refractivity contribution < 1.29 is 20.1 Å². The van der Waals surface area contributed by atoms with E-state index in [1.54, 1.807) is 26.2 Å². The molecule has 0 aromatic carbocycles. The lowest BCUT2D eigenvalue weighted by Crippen LogP contribution is -2.40. The quantitative estimate of drug-likeness (QED) is 0.289. The van der Waals surface area contributed by atoms with Crippen molar-refractivity contribution in [3.8, 4) is 10.6 Å². The third-order valence-electron chi connectivity index (χ3n) is 7.22. The monoisotopic (exact) mass is 529 g/mol. The molecule has 0 radical (unpaired) electrons. The van der Waals surface area contributed by atoms with E-state index in [0.717, 1.165) is 59.3 Å². The average molecular weight is 530 g/mol. The first kappa shape index (κ1) is 26.1. The Kier molecular flexibility index (Phi) is 7.57. The van der Waals surface area contributed by atoms with Gasteiger partial charge in [-0.15, -0.1) is 11.3 Å². The standard InChI is InChI=1S/C25H35N7O4S/c1-14-19(23-30-17-13-26-5-4-18(17)37-23)22(29-16-12-15(25(2,3)35)20(33)21(16)34)31-24(28-14)27-6-7-32-8-10-36-11-9-32/h4-5,13,15-16,20-21,33-35H,6-12H2,1-3H3,(H2,27,28,29,31)/t15-,16+,20+,21-/m0/s1. The molecule has 2 fully saturated rings. The van der Waals surface area contributed by atoms with Crippen LogP contribution in [0, 0.1) is 12.8 Å². The van der Waals surface area contributed by atoms with Crippen molar-refractivity contribution in [1.29, 1.82) is 0 Å². The van der Waals surface area contributed by atoms with E-state index in [-0.39, 0.29) is 0 Å². The van der Waals surface area contributed by atoms with Crippen LogP contribution >= 0.6 is 11.3 Å². The zero-order valence-electron chi connectivity index (χ0n) is 21.4. The Hall–Kier alpha value is -2.48. The van der Waals surface area contributed by atoms with E-state index < -0.39 is 29.8 Å². The Labute approximate surface area is 220 Å². The van der Waals surface area contributed by atoms with Gasteiger partial charge in [0.15, 0.2) is 0 Å². The molecular weight excluding hydrogens is 494 g/mol. The number of morpholine rings is 1. The predicted molar refractivity (Wildman–Crippen MR) is 143 cm³/mol. The lowest BCUT2D eigenvalue weighted by atomic mass is 9.88. The molecule has 37 heavy (non-hydrogen) atoms. The molecule has 2 aliphatic rings. The fourth-order valence-corrected chi connectivity index (χ4v) is 6.14. The van der Waals surface area contributed by atoms with E-state index in [4.69, 9.17) is 19.7 Å². The van der Waals surface area contributed by atoms with Crippen LogP contribution in [0.25, 0.3) is 20.8 Å². The van der Waals surface area contributed by atoms with Gasteiger partial charge in [-0.25, -0.2) is 9.97 Å². The molecule has 4 heterocycles. The lowest BCUT2D eigenvalue weighted by molar-refractivity contribution is -0.0601. The largest absolute Gasteiger partial charge is 0.390 e. The first-order chi connectivity index (χ1) is 17.7. The maximum absolute atomic E-state index is 10.8. The number of fused-ring (bicyclic) bond motifs is 1. The van der Waals surface area contributed by atoms with Crippen LogP contribution in [-0.4, -0.2) is 103 Å². The molecule has 5 rings (SSSR count). The highest BCUT2D eigenvalue weighted by Crippen LogP contribution is 2.40. The maximum atomic E-state index is 10.8. The van der Waals surface area contributed by atoms with Crippen molar-refractivity contribution in [2.75, 3.05) is 50.0 Å². The van der Waals surface area contributed by atoms with Crippen LogP contribution in [0.4, 0.5) is 11.8 Å². The van der Waals surface area contributed by atoms with Gasteiger partial charge in [0.1, 0.15) is 22.4 Å². The van der Waals surface area contributed by atoms with Crippen molar-refractivity contribution >= 4 is 33.3 Å². The van der Waals surface area contributed by atoms with Gasteiger partial charge in [-0.3, -0.25) is 9.88 Å². The third kappa shape index (κ3) is 5.69. The van der Waals surface area contributed by atoms with Crippen molar-refractivity contribution in [2.45, 2.75) is 51.0 Å². The summed E-state index contributed by atoms with van der Waals surface area (Å²) in [4.78, 5) is 20.8. The van der Waals surface area contributed by atoms with Crippen LogP contribution in [0.3, 0.4) is 0 Å². The number of nitrogens with zero attached hydrogens (tertiary/aromatic N) is 5. The molecule has 4 atom stereocenters. The number of aliphatic hydroxyl groups is 3. The summed E-state index contributed by atoms with van der Waals surface area (Å²) in [6, 6.07) is 1.42. The van der Waals surface area contributed by atoms with Crippen molar-refractivity contribution in [3.05, 3.63) is 24.2 Å². The number of rotatable bonds is 8. The minimum Gasteiger partial charge on any atom is -0.390 e. The molecule has 0 unspecified atom stereocenters. The Morgan fingerprint density at radius 1 is 1.16 bits per heavy atom. The van der Waals surface area contributed by atoms with Crippen LogP contribution < -0.4 is 10.6 Å². The smallest absolute Gasteiger partial charge is 0.224 e. The van der Waals surface area contributed by atoms with Crippen LogP contribution in [-0.2, 0) is 4.74 Å². The number of pyridine rings is 1. The van der Waals surface area contributed by atoms with E-state index in [0.29, 0.717) is 24.7 Å². The van der Waals surface area contributed by atoms with Gasteiger partial charge >= 0.3 is 0 Å². The number of hydrogen-bond donors (Lipinski definition) is 5. The van der Waals surface area contributed by atoms with Crippen molar-refractivity contribution in [3.63, 3.8) is 0 Å². The number of aryl methyl sites for hydroxylation is 1. The maximum Gasteiger partial charge on any atom is 0.224 e. The molecule has 3 aromatic heterocycles. The normalized spacial score (nSPS) is 25.0. The highest BCUT2D eigenvalue weighted by molar-refractivity contribution is 7.21. The highest BCUT2D eigenvalue weighted by Gasteiger charge is 2.48. The Morgan fingerprint density at radius 2 is 1.95 bits per heavy atom. The molecule has 1 saturated heterocycles. The van der Waals surface area contributed by atoms with Crippen molar-refractivity contribution in [2.24, 2.45) is 5.92 Å². The van der Waals surface area contributed by atoms with Gasteiger partial charge in [-0.2, -0.15) is 4.98 Å². The Balaban J connectivity index is 1.44. The van der Waals surface area contributed by atoms with Gasteiger partial charge in [0, 0.05) is 38.3 Å². The first-order valence-corrected chi connectivity index (χ1v) is 13.5. The van der Waals surface area contributed by atoms with Gasteiger partial charge in [-0.1, -0.05) is 0 Å². The zero-order chi connectivity index (χ0) is 26.2. The van der Waals surface area contributed by atoms with E-state index in [1.165, 1.54) is 11.3 Å². The van der Waals surface area contributed by atoms with Crippen LogP contribution in [0.15, 0.2) is 18.5 Å². The Bertz CT molecular complexity index is 1190. The molecule has 3 aromatic rings. The summed E-state index contributed by atoms with van der Waals surface area (Å²) in [7, 11) is 0. The topological polar surface area (TPSA) is 149 Å². The van der Waals surface area contributed by atoms with Crippen LogP contribution in [0.5, 0.6) is 0 Å². The van der Waals surface area contributed by atoms with Gasteiger partial charge in [0.25, 0.3) is 0 Å². The second kappa shape index (κ2) is 10.7. The van der Waals surface area contributed by atoms with Gasteiger partial charge in [0.05, 0.1) is 53.1 Å². The molecule has 11 nitrogen and oxygen atoms in total. The molecule has 0 amide bonds. The van der Waals surface area contributed by atoms with Crippen molar-refractivity contribution in [1.82, 2.24) is 24.8 Å². The second-order valence-electron chi connectivity index (χ2n) is 10.3. The minimum absolute atomic E-state index is 0.387. The molecule has 12 heteroatoms. The number of ether oxygens (including phenoxy) is 1. The van der Waals surface area contributed by atoms with Gasteiger partial charge < -0.3 is 30.7 Å². The summed E-state index contributed by atoms with van der Waals surface area (Å²) in [5.74, 6) is 0.527. The molecule has 0 spiro atoms. The number of hydrogen-bond acceptors (Lipinski definition) is 12. The summed E-state index contributed by atoms with van der Waals surface area (Å²) >= 11 is 1.52. The van der Waals surface area contributed by atoms with Crippen LogP contribution in [0.1, 0.15) is 26.0 Å². The third-order valence-corrected chi connectivity index (χ3v) is 8.27. The fraction of sp³-hybridized carbons (Fsp3) is 0.600. The molecule has 200 valence electrons. The molecular formula is C25H35N7O4S. The molecule has 1 aliphatic heterocycles. The minimum atomic E-state index is -1.13. The summed E-state index contributed by atoms with van der Waals surface area (Å²) in [5, 5.41) is 39.5. The summed E-state index contributed by atoms with van der Waals surface area (Å²) in [5.41, 5.74) is 1.14. The van der Waals surface area contributed by atoms with Gasteiger partial charge in [-0.05, 0) is 33.3 Å². The van der Waals surface area contributed by atoms with E-state index in [2.05, 4.69) is 20.5 Å². The second-order valence-corrected chi connectivity index (χ2v) is 11.4. The zero-order valence-corrected chi connectivity index (χ0v) is 22.2. The summed E-state index contributed by atoms with van der Waals surface area (Å²) in [6.45, 7) is 10.1. The Morgan fingerprint density at radius 3 is 2.65 bits per heavy atom. The van der Waals surface area contributed by atoms with E-state index >= 15 is 0 Å². The van der Waals surface area contributed by atoms with Gasteiger partial charge in [0.2, 0.25) is 5.95 Å². The lowest BCUT2D eigenvalue weighted by Gasteiger charge is -2.28. The number of anilines is 2. The number of thiazole rings is 1. The number of nitrogens with one attached hydrogen (secondary N) is 2.